The van der Waals surface area contributed by atoms with E-state index in [0.29, 0.717) is 18.6 Å². The first-order chi connectivity index (χ1) is 10.7. The molecule has 0 saturated heterocycles. The molecule has 0 saturated carbocycles. The van der Waals surface area contributed by atoms with Gasteiger partial charge in [-0.05, 0) is 32.4 Å². The fourth-order valence-electron chi connectivity index (χ4n) is 2.03. The quantitative estimate of drug-likeness (QED) is 0.764. The van der Waals surface area contributed by atoms with Gasteiger partial charge in [-0.1, -0.05) is 29.5 Å². The predicted octanol–water partition coefficient (Wildman–Crippen LogP) is 3.42. The molecule has 0 bridgehead atoms. The van der Waals surface area contributed by atoms with Crippen LogP contribution < -0.4 is 0 Å². The van der Waals surface area contributed by atoms with Gasteiger partial charge in [-0.15, -0.1) is 10.2 Å². The van der Waals surface area contributed by atoms with Crippen LogP contribution in [0.2, 0.25) is 0 Å². The Hall–Kier alpha value is -2.31. The van der Waals surface area contributed by atoms with Gasteiger partial charge in [0.15, 0.2) is 5.16 Å². The van der Waals surface area contributed by atoms with Crippen LogP contribution in [-0.2, 0) is 0 Å². The molecule has 6 heteroatoms. The maximum absolute atomic E-state index is 9.14. The van der Waals surface area contributed by atoms with Crippen molar-refractivity contribution < 1.29 is 0 Å². The van der Waals surface area contributed by atoms with Crippen LogP contribution in [0.1, 0.15) is 24.2 Å². The molecule has 5 nitrogen and oxygen atoms in total. The van der Waals surface area contributed by atoms with E-state index < -0.39 is 0 Å². The van der Waals surface area contributed by atoms with E-state index in [9.17, 15) is 0 Å². The lowest BCUT2D eigenvalue weighted by molar-refractivity contribution is 0.683. The number of nitrogens with zero attached hydrogens (tertiary/aromatic N) is 5. The van der Waals surface area contributed by atoms with Crippen LogP contribution in [0.4, 0.5) is 0 Å². The predicted molar refractivity (Wildman–Crippen MR) is 85.5 cm³/mol. The second-order valence-corrected chi connectivity index (χ2v) is 6.02. The highest BCUT2D eigenvalue weighted by molar-refractivity contribution is 7.99. The highest BCUT2D eigenvalue weighted by Gasteiger charge is 2.14. The second kappa shape index (κ2) is 7.63. The number of aryl methyl sites for hydroxylation is 2. The lowest BCUT2D eigenvalue weighted by Crippen LogP contribution is -2.03. The molecule has 1 aromatic heterocycles. The number of nitriles is 2. The molecule has 0 radical (unpaired) electrons. The van der Waals surface area contributed by atoms with Crippen LogP contribution in [0.3, 0.4) is 0 Å². The number of hydrogen-bond donors (Lipinski definition) is 0. The van der Waals surface area contributed by atoms with Gasteiger partial charge in [-0.2, -0.15) is 10.5 Å². The summed E-state index contributed by atoms with van der Waals surface area (Å²) in [6, 6.07) is 12.5. The molecule has 0 aliphatic carbocycles. The minimum atomic E-state index is -0.145. The molecule has 2 rings (SSSR count). The molecule has 0 aliphatic rings. The van der Waals surface area contributed by atoms with E-state index in [1.807, 2.05) is 42.7 Å². The van der Waals surface area contributed by atoms with Crippen molar-refractivity contribution in [3.63, 3.8) is 0 Å². The van der Waals surface area contributed by atoms with Gasteiger partial charge in [0.25, 0.3) is 0 Å². The summed E-state index contributed by atoms with van der Waals surface area (Å²) in [4.78, 5) is 0. The third kappa shape index (κ3) is 3.87. The van der Waals surface area contributed by atoms with Crippen molar-refractivity contribution in [3.05, 3.63) is 35.7 Å². The Morgan fingerprint density at radius 2 is 1.91 bits per heavy atom. The first kappa shape index (κ1) is 16.1. The third-order valence-electron chi connectivity index (χ3n) is 3.29. The average molecular weight is 311 g/mol. The first-order valence-electron chi connectivity index (χ1n) is 7.04. The van der Waals surface area contributed by atoms with E-state index in [-0.39, 0.29) is 5.92 Å². The average Bonchev–Trinajstić information content (AvgIpc) is 2.89. The van der Waals surface area contributed by atoms with E-state index in [1.54, 1.807) is 0 Å². The molecule has 0 N–H and O–H groups in total. The second-order valence-electron chi connectivity index (χ2n) is 5.03. The number of hydrogen-bond acceptors (Lipinski definition) is 5. The van der Waals surface area contributed by atoms with Crippen molar-refractivity contribution in [1.82, 2.24) is 14.8 Å². The van der Waals surface area contributed by atoms with Crippen molar-refractivity contribution >= 4 is 11.8 Å². The zero-order valence-electron chi connectivity index (χ0n) is 12.7. The first-order valence-corrected chi connectivity index (χ1v) is 8.02. The van der Waals surface area contributed by atoms with Crippen LogP contribution in [0.25, 0.3) is 5.69 Å². The number of rotatable bonds is 6. The van der Waals surface area contributed by atoms with Crippen LogP contribution in [-0.4, -0.2) is 20.5 Å². The van der Waals surface area contributed by atoms with E-state index in [4.69, 9.17) is 10.5 Å². The lowest BCUT2D eigenvalue weighted by Gasteiger charge is -2.10. The molecular formula is C16H17N5S. The molecule has 0 aliphatic heterocycles. The Bertz CT molecular complexity index is 706. The van der Waals surface area contributed by atoms with Gasteiger partial charge in [0.1, 0.15) is 5.82 Å². The lowest BCUT2D eigenvalue weighted by atomic mass is 10.1. The van der Waals surface area contributed by atoms with Crippen molar-refractivity contribution in [2.45, 2.75) is 31.8 Å². The van der Waals surface area contributed by atoms with E-state index in [0.717, 1.165) is 16.7 Å². The Kier molecular flexibility index (Phi) is 5.57. The SMILES string of the molecule is Cc1ccc(-n2c(C)nnc2SCC(C#N)CCC#N)cc1. The topological polar surface area (TPSA) is 78.3 Å². The molecule has 0 amide bonds. The molecule has 22 heavy (non-hydrogen) atoms. The Morgan fingerprint density at radius 1 is 1.18 bits per heavy atom. The monoisotopic (exact) mass is 311 g/mol. The smallest absolute Gasteiger partial charge is 0.195 e. The summed E-state index contributed by atoms with van der Waals surface area (Å²) >= 11 is 1.51. The van der Waals surface area contributed by atoms with E-state index in [1.165, 1.54) is 17.3 Å². The van der Waals surface area contributed by atoms with Gasteiger partial charge in [-0.3, -0.25) is 4.57 Å². The minimum Gasteiger partial charge on any atom is -0.274 e. The Balaban J connectivity index is 2.15. The normalized spacial score (nSPS) is 11.6. The standard InChI is InChI=1S/C16H17N5S/c1-12-5-7-15(8-6-12)21-13(2)19-20-16(21)22-11-14(10-18)4-3-9-17/h5-8,14H,3-4,11H2,1-2H3. The zero-order chi connectivity index (χ0) is 15.9. The van der Waals surface area contributed by atoms with Crippen molar-refractivity contribution in [1.29, 1.82) is 10.5 Å². The highest BCUT2D eigenvalue weighted by atomic mass is 32.2. The molecule has 1 aromatic carbocycles. The minimum absolute atomic E-state index is 0.145. The summed E-state index contributed by atoms with van der Waals surface area (Å²) in [5.74, 6) is 1.28. The molecule has 1 unspecified atom stereocenters. The number of thioether (sulfide) groups is 1. The number of benzene rings is 1. The van der Waals surface area contributed by atoms with Crippen LogP contribution in [0.5, 0.6) is 0 Å². The summed E-state index contributed by atoms with van der Waals surface area (Å²) in [6.07, 6.45) is 1.00. The molecule has 112 valence electrons. The van der Waals surface area contributed by atoms with Gasteiger partial charge in [-0.25, -0.2) is 0 Å². The zero-order valence-corrected chi connectivity index (χ0v) is 13.5. The van der Waals surface area contributed by atoms with Gasteiger partial charge in [0.2, 0.25) is 0 Å². The van der Waals surface area contributed by atoms with Crippen molar-refractivity contribution in [2.75, 3.05) is 5.75 Å². The highest BCUT2D eigenvalue weighted by Crippen LogP contribution is 2.25. The number of aromatic nitrogens is 3. The summed E-state index contributed by atoms with van der Waals surface area (Å²) in [5, 5.41) is 26.9. The summed E-state index contributed by atoms with van der Waals surface area (Å²) in [6.45, 7) is 3.96. The van der Waals surface area contributed by atoms with Crippen molar-refractivity contribution in [3.8, 4) is 17.8 Å². The Morgan fingerprint density at radius 3 is 2.55 bits per heavy atom. The molecular weight excluding hydrogens is 294 g/mol. The van der Waals surface area contributed by atoms with Crippen LogP contribution >= 0.6 is 11.8 Å². The van der Waals surface area contributed by atoms with Gasteiger partial charge in [0, 0.05) is 17.9 Å². The van der Waals surface area contributed by atoms with Crippen molar-refractivity contribution in [2.24, 2.45) is 5.92 Å². The summed E-state index contributed by atoms with van der Waals surface area (Å²) in [5.41, 5.74) is 2.21. The molecule has 0 fully saturated rings. The van der Waals surface area contributed by atoms with E-state index >= 15 is 0 Å². The fourth-order valence-corrected chi connectivity index (χ4v) is 3.08. The molecule has 1 atom stereocenters. The third-order valence-corrected chi connectivity index (χ3v) is 4.38. The van der Waals surface area contributed by atoms with Gasteiger partial charge in [0.05, 0.1) is 18.1 Å². The van der Waals surface area contributed by atoms with Gasteiger partial charge < -0.3 is 0 Å². The van der Waals surface area contributed by atoms with Crippen LogP contribution in [0, 0.1) is 42.4 Å². The largest absolute Gasteiger partial charge is 0.274 e. The van der Waals surface area contributed by atoms with Crippen LogP contribution in [0.15, 0.2) is 29.4 Å². The summed E-state index contributed by atoms with van der Waals surface area (Å²) < 4.78 is 1.99. The fraction of sp³-hybridized carbons (Fsp3) is 0.375. The molecule has 1 heterocycles. The molecule has 0 spiro atoms. The maximum Gasteiger partial charge on any atom is 0.195 e. The van der Waals surface area contributed by atoms with Gasteiger partial charge >= 0.3 is 0 Å². The Labute approximate surface area is 134 Å². The molecule has 2 aromatic rings. The maximum atomic E-state index is 9.14. The van der Waals surface area contributed by atoms with E-state index in [2.05, 4.69) is 22.3 Å². The summed E-state index contributed by atoms with van der Waals surface area (Å²) in [7, 11) is 0.